The van der Waals surface area contributed by atoms with E-state index in [1.54, 1.807) is 0 Å². The summed E-state index contributed by atoms with van der Waals surface area (Å²) in [6, 6.07) is 0.435. The average Bonchev–Trinajstić information content (AvgIpc) is 3.20. The van der Waals surface area contributed by atoms with Crippen molar-refractivity contribution in [3.63, 3.8) is 0 Å². The van der Waals surface area contributed by atoms with Crippen molar-refractivity contribution in [2.24, 2.45) is 11.8 Å². The first-order valence-corrected chi connectivity index (χ1v) is 13.2. The Hall–Kier alpha value is -2.00. The van der Waals surface area contributed by atoms with E-state index in [9.17, 15) is 14.4 Å². The summed E-state index contributed by atoms with van der Waals surface area (Å²) < 4.78 is 0.180. The van der Waals surface area contributed by atoms with Crippen molar-refractivity contribution in [1.29, 1.82) is 0 Å². The van der Waals surface area contributed by atoms with Crippen LogP contribution < -0.4 is 21.3 Å². The monoisotopic (exact) mass is 476 g/mol. The summed E-state index contributed by atoms with van der Waals surface area (Å²) in [7, 11) is 0. The van der Waals surface area contributed by atoms with Crippen LogP contribution in [0.15, 0.2) is 23.9 Å². The number of fused-ring (bicyclic) bond motifs is 2. The van der Waals surface area contributed by atoms with Crippen LogP contribution in [0.5, 0.6) is 0 Å². The first kappa shape index (κ1) is 24.1. The standard InChI is InChI=1S/C24H36N4O4S/c29-12-2-1-5-16-6-3-8-18(13-16)26-21(31)10-11-25-20(30)9-4-7-17-14-24(17)22-19(15-33-24)27-23(32)28-22/h3,6,8,16-17,19,22,29H,1-2,4-5,7,9-15H2,(H,25,30)(H,26,31)(H2,27,28,32)/t16?,17-,19+,22+,24-/m1/s1. The number of allylic oxidation sites excluding steroid dienone is 4. The SMILES string of the molecule is O=C(CCC[C@@H]1C[C@@]12SC[C@@H]1NC(=O)N[C@@H]12)NCCC(=O)NC1=CC=CC(CCCCO)C1. The van der Waals surface area contributed by atoms with E-state index in [0.29, 0.717) is 24.8 Å². The maximum atomic E-state index is 12.2. The lowest BCUT2D eigenvalue weighted by molar-refractivity contribution is -0.122. The molecule has 5 N–H and O–H groups in total. The van der Waals surface area contributed by atoms with Gasteiger partial charge in [-0.3, -0.25) is 9.59 Å². The van der Waals surface area contributed by atoms with Gasteiger partial charge in [-0.2, -0.15) is 11.8 Å². The van der Waals surface area contributed by atoms with Crippen LogP contribution in [-0.4, -0.2) is 58.7 Å². The van der Waals surface area contributed by atoms with Gasteiger partial charge in [-0.1, -0.05) is 18.6 Å². The van der Waals surface area contributed by atoms with Crippen LogP contribution >= 0.6 is 11.8 Å². The molecule has 182 valence electrons. The third-order valence-electron chi connectivity index (χ3n) is 7.24. The van der Waals surface area contributed by atoms with Crippen LogP contribution in [0.4, 0.5) is 4.79 Å². The minimum atomic E-state index is -0.0779. The fourth-order valence-corrected chi connectivity index (χ4v) is 7.25. The highest BCUT2D eigenvalue weighted by atomic mass is 32.2. The smallest absolute Gasteiger partial charge is 0.315 e. The fraction of sp³-hybridized carbons (Fsp3) is 0.708. The van der Waals surface area contributed by atoms with E-state index in [1.165, 1.54) is 0 Å². The van der Waals surface area contributed by atoms with Crippen LogP contribution in [0.1, 0.15) is 57.8 Å². The lowest BCUT2D eigenvalue weighted by Crippen LogP contribution is -2.39. The number of rotatable bonds is 12. The van der Waals surface area contributed by atoms with Crippen LogP contribution in [0.2, 0.25) is 0 Å². The summed E-state index contributed by atoms with van der Waals surface area (Å²) in [6.45, 7) is 0.568. The number of aliphatic hydroxyl groups is 1. The van der Waals surface area contributed by atoms with E-state index in [1.807, 2.05) is 23.9 Å². The molecule has 4 rings (SSSR count). The number of nitrogens with one attached hydrogen (secondary N) is 4. The average molecular weight is 477 g/mol. The van der Waals surface area contributed by atoms with Crippen molar-refractivity contribution >= 4 is 29.6 Å². The van der Waals surface area contributed by atoms with Gasteiger partial charge < -0.3 is 26.4 Å². The molecule has 2 saturated heterocycles. The summed E-state index contributed by atoms with van der Waals surface area (Å²) in [5.41, 5.74) is 0.918. The van der Waals surface area contributed by atoms with Gasteiger partial charge in [-0.25, -0.2) is 4.79 Å². The van der Waals surface area contributed by atoms with E-state index < -0.39 is 0 Å². The number of aliphatic hydroxyl groups excluding tert-OH is 1. The molecule has 0 bridgehead atoms. The molecule has 5 atom stereocenters. The Balaban J connectivity index is 1.06. The molecule has 0 aromatic heterocycles. The maximum Gasteiger partial charge on any atom is 0.315 e. The van der Waals surface area contributed by atoms with Gasteiger partial charge in [0.1, 0.15) is 0 Å². The molecular formula is C24H36N4O4S. The first-order chi connectivity index (χ1) is 16.0. The topological polar surface area (TPSA) is 120 Å². The lowest BCUT2D eigenvalue weighted by atomic mass is 9.93. The number of unbranched alkanes of at least 4 members (excludes halogenated alkanes) is 1. The Kier molecular flexibility index (Phi) is 8.01. The molecular weight excluding hydrogens is 440 g/mol. The summed E-state index contributed by atoms with van der Waals surface area (Å²) in [4.78, 5) is 36.0. The molecule has 0 aromatic rings. The van der Waals surface area contributed by atoms with Crippen LogP contribution in [0.3, 0.4) is 0 Å². The minimum absolute atomic E-state index is 0.00551. The highest BCUT2D eigenvalue weighted by molar-refractivity contribution is 8.01. The lowest BCUT2D eigenvalue weighted by Gasteiger charge is -2.19. The Labute approximate surface area is 199 Å². The molecule has 1 unspecified atom stereocenters. The minimum Gasteiger partial charge on any atom is -0.396 e. The molecule has 1 saturated carbocycles. The Morgan fingerprint density at radius 2 is 2.03 bits per heavy atom. The largest absolute Gasteiger partial charge is 0.396 e. The van der Waals surface area contributed by atoms with E-state index in [0.717, 1.165) is 56.4 Å². The maximum absolute atomic E-state index is 12.2. The zero-order valence-corrected chi connectivity index (χ0v) is 19.9. The molecule has 4 amide bonds. The summed E-state index contributed by atoms with van der Waals surface area (Å²) >= 11 is 1.97. The molecule has 2 aliphatic heterocycles. The van der Waals surface area contributed by atoms with Crippen molar-refractivity contribution in [2.75, 3.05) is 18.9 Å². The highest BCUT2D eigenvalue weighted by Gasteiger charge is 2.66. The van der Waals surface area contributed by atoms with E-state index >= 15 is 0 Å². The second kappa shape index (κ2) is 11.0. The molecule has 3 fully saturated rings. The van der Waals surface area contributed by atoms with Crippen LogP contribution in [-0.2, 0) is 9.59 Å². The molecule has 0 radical (unpaired) electrons. The molecule has 33 heavy (non-hydrogen) atoms. The second-order valence-corrected chi connectivity index (χ2v) is 11.1. The second-order valence-electron chi connectivity index (χ2n) is 9.67. The van der Waals surface area contributed by atoms with Crippen LogP contribution in [0, 0.1) is 11.8 Å². The molecule has 8 nitrogen and oxygen atoms in total. The third kappa shape index (κ3) is 6.12. The number of hydrogen-bond acceptors (Lipinski definition) is 5. The van der Waals surface area contributed by atoms with E-state index in [-0.39, 0.29) is 47.7 Å². The number of carbonyl (C=O) groups is 3. The summed E-state index contributed by atoms with van der Waals surface area (Å²) in [5.74, 6) is 1.86. The van der Waals surface area contributed by atoms with Crippen molar-refractivity contribution in [1.82, 2.24) is 21.3 Å². The van der Waals surface area contributed by atoms with Gasteiger partial charge in [-0.05, 0) is 56.4 Å². The number of amides is 4. The zero-order valence-electron chi connectivity index (χ0n) is 19.1. The van der Waals surface area contributed by atoms with Gasteiger partial charge in [0.25, 0.3) is 0 Å². The van der Waals surface area contributed by atoms with Gasteiger partial charge in [0.15, 0.2) is 0 Å². The number of thioether (sulfide) groups is 1. The normalized spacial score (nSPS) is 31.5. The molecule has 2 aliphatic carbocycles. The van der Waals surface area contributed by atoms with Crippen LogP contribution in [0.25, 0.3) is 0 Å². The molecule has 9 heteroatoms. The quantitative estimate of drug-likeness (QED) is 0.218. The molecule has 1 spiro atoms. The zero-order chi connectivity index (χ0) is 23.3. The Morgan fingerprint density at radius 3 is 2.88 bits per heavy atom. The van der Waals surface area contributed by atoms with Gasteiger partial charge >= 0.3 is 6.03 Å². The third-order valence-corrected chi connectivity index (χ3v) is 9.05. The predicted octanol–water partition coefficient (Wildman–Crippen LogP) is 1.96. The fourth-order valence-electron chi connectivity index (χ4n) is 5.41. The molecule has 0 aromatic carbocycles. The number of hydrogen-bond donors (Lipinski definition) is 5. The van der Waals surface area contributed by atoms with E-state index in [2.05, 4.69) is 27.3 Å². The predicted molar refractivity (Wildman–Crippen MR) is 128 cm³/mol. The Bertz CT molecular complexity index is 816. The van der Waals surface area contributed by atoms with Gasteiger partial charge in [-0.15, -0.1) is 0 Å². The first-order valence-electron chi connectivity index (χ1n) is 12.3. The van der Waals surface area contributed by atoms with Crippen molar-refractivity contribution in [3.8, 4) is 0 Å². The van der Waals surface area contributed by atoms with Crippen molar-refractivity contribution in [2.45, 2.75) is 74.6 Å². The molecule has 2 heterocycles. The highest BCUT2D eigenvalue weighted by Crippen LogP contribution is 2.63. The molecule has 4 aliphatic rings. The summed E-state index contributed by atoms with van der Waals surface area (Å²) in [6.07, 6.45) is 13.4. The van der Waals surface area contributed by atoms with Crippen molar-refractivity contribution in [3.05, 3.63) is 23.9 Å². The number of carbonyl (C=O) groups excluding carboxylic acids is 3. The summed E-state index contributed by atoms with van der Waals surface area (Å²) in [5, 5.41) is 20.8. The Morgan fingerprint density at radius 1 is 1.15 bits per heavy atom. The van der Waals surface area contributed by atoms with Crippen molar-refractivity contribution < 1.29 is 19.5 Å². The van der Waals surface area contributed by atoms with E-state index in [4.69, 9.17) is 5.11 Å². The van der Waals surface area contributed by atoms with Gasteiger partial charge in [0.05, 0.1) is 12.1 Å². The van der Waals surface area contributed by atoms with Gasteiger partial charge in [0.2, 0.25) is 11.8 Å². The van der Waals surface area contributed by atoms with Gasteiger partial charge in [0, 0.05) is 42.2 Å². The number of urea groups is 1.